The molecule has 0 amide bonds. The predicted molar refractivity (Wildman–Crippen MR) is 86.7 cm³/mol. The zero-order valence-electron chi connectivity index (χ0n) is 13.5. The van der Waals surface area contributed by atoms with Gasteiger partial charge in [-0.25, -0.2) is 0 Å². The van der Waals surface area contributed by atoms with Gasteiger partial charge in [-0.15, -0.1) is 0 Å². The van der Waals surface area contributed by atoms with Crippen LogP contribution in [0.4, 0.5) is 0 Å². The summed E-state index contributed by atoms with van der Waals surface area (Å²) in [4.78, 5) is 2.70. The summed E-state index contributed by atoms with van der Waals surface area (Å²) in [5.74, 6) is 1.81. The predicted octanol–water partition coefficient (Wildman–Crippen LogP) is 3.22. The van der Waals surface area contributed by atoms with Gasteiger partial charge in [-0.2, -0.15) is 0 Å². The van der Waals surface area contributed by atoms with Crippen LogP contribution in [0.25, 0.3) is 0 Å². The second-order valence-electron chi connectivity index (χ2n) is 6.64. The molecule has 1 saturated heterocycles. The Morgan fingerprint density at radius 2 is 2.19 bits per heavy atom. The van der Waals surface area contributed by atoms with Crippen molar-refractivity contribution in [2.75, 3.05) is 19.7 Å². The van der Waals surface area contributed by atoms with Crippen LogP contribution in [0.1, 0.15) is 45.2 Å². The number of ether oxygens (including phenoxy) is 1. The number of benzene rings is 1. The molecule has 3 rings (SSSR count). The van der Waals surface area contributed by atoms with E-state index >= 15 is 0 Å². The molecule has 0 radical (unpaired) electrons. The summed E-state index contributed by atoms with van der Waals surface area (Å²) < 4.78 is 5.83. The van der Waals surface area contributed by atoms with Crippen molar-refractivity contribution in [2.45, 2.75) is 51.7 Å². The fourth-order valence-electron chi connectivity index (χ4n) is 3.68. The summed E-state index contributed by atoms with van der Waals surface area (Å²) in [6, 6.07) is 10.3. The topological polar surface area (TPSA) is 24.5 Å². The average Bonchev–Trinajstić information content (AvgIpc) is 2.54. The van der Waals surface area contributed by atoms with E-state index in [1.165, 1.54) is 12.0 Å². The fourth-order valence-corrected chi connectivity index (χ4v) is 3.68. The monoisotopic (exact) mass is 288 g/mol. The third-order valence-corrected chi connectivity index (χ3v) is 5.31. The van der Waals surface area contributed by atoms with Crippen LogP contribution in [-0.2, 0) is 0 Å². The maximum absolute atomic E-state index is 5.83. The van der Waals surface area contributed by atoms with Crippen molar-refractivity contribution in [1.82, 2.24) is 10.2 Å². The van der Waals surface area contributed by atoms with E-state index in [1.54, 1.807) is 0 Å². The van der Waals surface area contributed by atoms with Crippen molar-refractivity contribution >= 4 is 0 Å². The van der Waals surface area contributed by atoms with E-state index in [0.29, 0.717) is 18.1 Å². The molecule has 0 saturated carbocycles. The van der Waals surface area contributed by atoms with Crippen LogP contribution in [0.5, 0.6) is 5.75 Å². The van der Waals surface area contributed by atoms with Gasteiger partial charge in [0.15, 0.2) is 0 Å². The van der Waals surface area contributed by atoms with Crippen LogP contribution < -0.4 is 10.1 Å². The third kappa shape index (κ3) is 2.95. The van der Waals surface area contributed by atoms with Crippen molar-refractivity contribution in [3.63, 3.8) is 0 Å². The largest absolute Gasteiger partial charge is 0.493 e. The Balaban J connectivity index is 1.82. The zero-order chi connectivity index (χ0) is 14.8. The third-order valence-electron chi connectivity index (χ3n) is 5.31. The molecule has 21 heavy (non-hydrogen) atoms. The van der Waals surface area contributed by atoms with E-state index in [9.17, 15) is 0 Å². The van der Waals surface area contributed by atoms with Gasteiger partial charge in [-0.1, -0.05) is 38.5 Å². The molecule has 0 spiro atoms. The summed E-state index contributed by atoms with van der Waals surface area (Å²) in [6.07, 6.45) is 2.35. The van der Waals surface area contributed by atoms with Crippen LogP contribution in [0.3, 0.4) is 0 Å². The Bertz CT molecular complexity index is 476. The minimum atomic E-state index is 0.513. The molecule has 0 aliphatic carbocycles. The molecule has 3 heteroatoms. The second-order valence-corrected chi connectivity index (χ2v) is 6.64. The lowest BCUT2D eigenvalue weighted by Gasteiger charge is -2.46. The van der Waals surface area contributed by atoms with Crippen molar-refractivity contribution < 1.29 is 4.74 Å². The van der Waals surface area contributed by atoms with E-state index < -0.39 is 0 Å². The van der Waals surface area contributed by atoms with E-state index in [0.717, 1.165) is 37.8 Å². The molecule has 1 N–H and O–H groups in total. The minimum Gasteiger partial charge on any atom is -0.493 e. The molecular weight excluding hydrogens is 260 g/mol. The first-order valence-corrected chi connectivity index (χ1v) is 8.41. The van der Waals surface area contributed by atoms with Crippen molar-refractivity contribution in [3.05, 3.63) is 29.8 Å². The molecule has 3 nitrogen and oxygen atoms in total. The molecule has 2 aliphatic heterocycles. The molecule has 116 valence electrons. The number of nitrogens with one attached hydrogen (secondary N) is 1. The Morgan fingerprint density at radius 3 is 3.00 bits per heavy atom. The molecular formula is C18H28N2O. The zero-order valence-corrected chi connectivity index (χ0v) is 13.5. The molecule has 4 unspecified atom stereocenters. The molecule has 4 atom stereocenters. The highest BCUT2D eigenvalue weighted by Gasteiger charge is 2.35. The summed E-state index contributed by atoms with van der Waals surface area (Å²) in [5.41, 5.74) is 1.38. The van der Waals surface area contributed by atoms with Gasteiger partial charge in [0.05, 0.1) is 6.61 Å². The highest BCUT2D eigenvalue weighted by Crippen LogP contribution is 2.37. The van der Waals surface area contributed by atoms with Gasteiger partial charge in [0, 0.05) is 43.2 Å². The first kappa shape index (κ1) is 14.9. The minimum absolute atomic E-state index is 0.513. The molecule has 1 aromatic rings. The first-order valence-electron chi connectivity index (χ1n) is 8.41. The number of nitrogens with zero attached hydrogens (tertiary/aromatic N) is 1. The van der Waals surface area contributed by atoms with E-state index in [-0.39, 0.29) is 0 Å². The second kappa shape index (κ2) is 6.37. The lowest BCUT2D eigenvalue weighted by molar-refractivity contribution is 0.0533. The van der Waals surface area contributed by atoms with Gasteiger partial charge < -0.3 is 10.1 Å². The van der Waals surface area contributed by atoms with E-state index in [1.807, 2.05) is 0 Å². The first-order chi connectivity index (χ1) is 10.2. The average molecular weight is 288 g/mol. The van der Waals surface area contributed by atoms with Crippen LogP contribution in [0.15, 0.2) is 24.3 Å². The van der Waals surface area contributed by atoms with E-state index in [2.05, 4.69) is 55.3 Å². The van der Waals surface area contributed by atoms with Gasteiger partial charge in [0.1, 0.15) is 5.75 Å². The lowest BCUT2D eigenvalue weighted by Crippen LogP contribution is -2.58. The quantitative estimate of drug-likeness (QED) is 0.924. The van der Waals surface area contributed by atoms with Crippen LogP contribution in [0, 0.1) is 5.92 Å². The Hall–Kier alpha value is -1.06. The van der Waals surface area contributed by atoms with Crippen LogP contribution in [-0.4, -0.2) is 36.7 Å². The number of hydrogen-bond donors (Lipinski definition) is 1. The number of fused-ring (bicyclic) bond motifs is 1. The van der Waals surface area contributed by atoms with Gasteiger partial charge >= 0.3 is 0 Å². The van der Waals surface area contributed by atoms with Gasteiger partial charge in [0.25, 0.3) is 0 Å². The summed E-state index contributed by atoms with van der Waals surface area (Å²) in [6.45, 7) is 10.1. The number of hydrogen-bond acceptors (Lipinski definition) is 3. The highest BCUT2D eigenvalue weighted by molar-refractivity contribution is 5.37. The maximum atomic E-state index is 5.83. The fraction of sp³-hybridized carbons (Fsp3) is 0.667. The van der Waals surface area contributed by atoms with Crippen molar-refractivity contribution in [3.8, 4) is 5.75 Å². The van der Waals surface area contributed by atoms with Gasteiger partial charge in [0.2, 0.25) is 0 Å². The SMILES string of the molecule is CCC(C)C1CN(C2CCOc3ccccc32)C(C)CN1. The molecule has 1 aromatic carbocycles. The van der Waals surface area contributed by atoms with Crippen molar-refractivity contribution in [2.24, 2.45) is 5.92 Å². The number of rotatable bonds is 3. The Kier molecular flexibility index (Phi) is 4.51. The molecule has 0 bridgehead atoms. The van der Waals surface area contributed by atoms with Crippen LogP contribution in [0.2, 0.25) is 0 Å². The van der Waals surface area contributed by atoms with Gasteiger partial charge in [-0.05, 0) is 18.9 Å². The Labute approximate surface area is 128 Å². The molecule has 2 aliphatic rings. The summed E-state index contributed by atoms with van der Waals surface area (Å²) in [5, 5.41) is 3.74. The Morgan fingerprint density at radius 1 is 1.38 bits per heavy atom. The standard InChI is InChI=1S/C18H28N2O/c1-4-13(2)16-12-20(14(3)11-19-16)17-9-10-21-18-8-6-5-7-15(17)18/h5-8,13-14,16-17,19H,4,9-12H2,1-3H3. The van der Waals surface area contributed by atoms with E-state index in [4.69, 9.17) is 4.74 Å². The summed E-state index contributed by atoms with van der Waals surface area (Å²) in [7, 11) is 0. The lowest BCUT2D eigenvalue weighted by atomic mass is 9.91. The number of para-hydroxylation sites is 1. The smallest absolute Gasteiger partial charge is 0.124 e. The normalized spacial score (nSPS) is 31.3. The maximum Gasteiger partial charge on any atom is 0.124 e. The molecule has 1 fully saturated rings. The van der Waals surface area contributed by atoms with Crippen LogP contribution >= 0.6 is 0 Å². The van der Waals surface area contributed by atoms with Gasteiger partial charge in [-0.3, -0.25) is 4.90 Å². The van der Waals surface area contributed by atoms with Crippen molar-refractivity contribution in [1.29, 1.82) is 0 Å². The molecule has 2 heterocycles. The number of piperazine rings is 1. The summed E-state index contributed by atoms with van der Waals surface area (Å²) >= 11 is 0. The molecule has 0 aromatic heterocycles. The highest BCUT2D eigenvalue weighted by atomic mass is 16.5.